The maximum Gasteiger partial charge on any atom is 0.245 e. The van der Waals surface area contributed by atoms with Crippen LogP contribution in [0.3, 0.4) is 0 Å². The number of hydrogen-bond donors (Lipinski definition) is 13. The summed E-state index contributed by atoms with van der Waals surface area (Å²) in [5.41, 5.74) is 5.81. The summed E-state index contributed by atoms with van der Waals surface area (Å²) in [6, 6.07) is -6.38. The molecule has 0 saturated carbocycles. The summed E-state index contributed by atoms with van der Waals surface area (Å²) >= 11 is 0. The Morgan fingerprint density at radius 1 is 0.683 bits per heavy atom. The molecule has 6 amide bonds. The van der Waals surface area contributed by atoms with Gasteiger partial charge in [-0.3, -0.25) is 39.4 Å². The second-order valence-corrected chi connectivity index (χ2v) is 16.4. The third-order valence-corrected chi connectivity index (χ3v) is 10.8. The highest BCUT2D eigenvalue weighted by atomic mass is 16.3. The third-order valence-electron chi connectivity index (χ3n) is 10.8. The van der Waals surface area contributed by atoms with Crippen LogP contribution >= 0.6 is 0 Å². The van der Waals surface area contributed by atoms with Gasteiger partial charge < -0.3 is 57.7 Å². The average molecular weight is 897 g/mol. The fourth-order valence-corrected chi connectivity index (χ4v) is 6.93. The number of carbonyl (C=O) groups is 6. The summed E-state index contributed by atoms with van der Waals surface area (Å²) < 4.78 is 0. The van der Waals surface area contributed by atoms with E-state index in [1.165, 1.54) is 84.3 Å². The molecule has 0 saturated heterocycles. The predicted molar refractivity (Wildman–Crippen MR) is 238 cm³/mol. The molecule has 1 rings (SSSR count). The molecule has 63 heavy (non-hydrogen) atoms. The van der Waals surface area contributed by atoms with Crippen molar-refractivity contribution in [2.24, 2.45) is 5.73 Å². The first kappa shape index (κ1) is 56.8. The van der Waals surface area contributed by atoms with Crippen molar-refractivity contribution in [2.45, 2.75) is 198 Å². The average Bonchev–Trinajstić information content (AvgIpc) is 3.77. The third kappa shape index (κ3) is 25.6. The molecule has 0 spiro atoms. The number of aliphatic hydroxyl groups excluding tert-OH is 4. The summed E-state index contributed by atoms with van der Waals surface area (Å²) in [5.74, 6) is -4.40. The van der Waals surface area contributed by atoms with Crippen molar-refractivity contribution in [3.63, 3.8) is 0 Å². The fourth-order valence-electron chi connectivity index (χ4n) is 6.93. The minimum Gasteiger partial charge on any atom is -0.394 e. The van der Waals surface area contributed by atoms with Gasteiger partial charge in [0.05, 0.1) is 43.7 Å². The number of hydrogen-bond acceptors (Lipinski definition) is 13. The molecule has 3 unspecified atom stereocenters. The van der Waals surface area contributed by atoms with Crippen molar-refractivity contribution in [2.75, 3.05) is 20.2 Å². The number of aromatic amines is 1. The predicted octanol–water partition coefficient (Wildman–Crippen LogP) is 0.132. The first-order valence-electron chi connectivity index (χ1n) is 23.0. The lowest BCUT2D eigenvalue weighted by atomic mass is 10.0. The van der Waals surface area contributed by atoms with Crippen LogP contribution in [-0.2, 0) is 35.2 Å². The molecule has 8 atom stereocenters. The monoisotopic (exact) mass is 897 g/mol. The molecule has 1 aromatic heterocycles. The van der Waals surface area contributed by atoms with Crippen molar-refractivity contribution in [1.82, 2.24) is 47.2 Å². The number of unbranched alkanes of at least 4 members (excludes halogenated alkanes) is 13. The van der Waals surface area contributed by atoms with E-state index in [0.717, 1.165) is 25.7 Å². The second kappa shape index (κ2) is 34.2. The van der Waals surface area contributed by atoms with Crippen molar-refractivity contribution in [1.29, 1.82) is 0 Å². The maximum absolute atomic E-state index is 13.7. The van der Waals surface area contributed by atoms with Gasteiger partial charge in [-0.15, -0.1) is 0 Å². The Labute approximate surface area is 373 Å². The Bertz CT molecular complexity index is 1440. The van der Waals surface area contributed by atoms with Crippen LogP contribution in [0.1, 0.15) is 148 Å². The topological polar surface area (TPSA) is 322 Å². The number of nitrogens with one attached hydrogen (secondary N) is 8. The van der Waals surface area contributed by atoms with Crippen molar-refractivity contribution >= 4 is 35.4 Å². The van der Waals surface area contributed by atoms with Gasteiger partial charge in [-0.2, -0.15) is 0 Å². The molecule has 0 fully saturated rings. The zero-order chi connectivity index (χ0) is 47.0. The fraction of sp³-hybridized carbons (Fsp3) is 0.791. The summed E-state index contributed by atoms with van der Waals surface area (Å²) in [7, 11) is 1.52. The number of primary amides is 1. The number of amides is 6. The Morgan fingerprint density at radius 2 is 1.24 bits per heavy atom. The molecule has 14 N–H and O–H groups in total. The van der Waals surface area contributed by atoms with Crippen molar-refractivity contribution < 1.29 is 49.2 Å². The smallest absolute Gasteiger partial charge is 0.245 e. The van der Waals surface area contributed by atoms with Gasteiger partial charge in [0.2, 0.25) is 35.4 Å². The van der Waals surface area contributed by atoms with E-state index in [9.17, 15) is 49.2 Å². The molecule has 1 heterocycles. The van der Waals surface area contributed by atoms with Gasteiger partial charge >= 0.3 is 0 Å². The zero-order valence-corrected chi connectivity index (χ0v) is 38.1. The summed E-state index contributed by atoms with van der Waals surface area (Å²) in [6.45, 7) is 4.17. The number of likely N-dealkylation sites (N-methyl/N-ethyl adjacent to an activating group) is 1. The number of carbonyl (C=O) groups excluding carboxylic acids is 6. The number of imidazole rings is 1. The summed E-state index contributed by atoms with van der Waals surface area (Å²) in [6.07, 6.45) is 15.2. The van der Waals surface area contributed by atoms with E-state index in [2.05, 4.69) is 54.1 Å². The number of nitrogens with zero attached hydrogens (tertiary/aromatic N) is 1. The SMILES string of the molecule is CCCCCCCCCCCCCCCC(=O)NCC(=O)N[C@H](C(=O)N[C@@H](CCC(N)=O)C(O)NC(Cc1cnc[nH]1)C(=O)N[C@@H](CO)C(=O)N[C@@H](CCCC)C(O)NC)[C@H](C)O. The van der Waals surface area contributed by atoms with Crippen LogP contribution in [0.4, 0.5) is 0 Å². The summed E-state index contributed by atoms with van der Waals surface area (Å²) in [5, 5.41) is 60.2. The van der Waals surface area contributed by atoms with Crippen LogP contribution in [-0.4, -0.2) is 135 Å². The highest BCUT2D eigenvalue weighted by Gasteiger charge is 2.34. The quantitative estimate of drug-likeness (QED) is 0.0311. The van der Waals surface area contributed by atoms with Crippen molar-refractivity contribution in [3.05, 3.63) is 18.2 Å². The first-order chi connectivity index (χ1) is 30.2. The molecule has 0 aliphatic carbocycles. The molecule has 362 valence electrons. The van der Waals surface area contributed by atoms with Gasteiger partial charge in [0.1, 0.15) is 24.5 Å². The molecular weight excluding hydrogens is 817 g/mol. The van der Waals surface area contributed by atoms with Gasteiger partial charge in [0.15, 0.2) is 0 Å². The van der Waals surface area contributed by atoms with Crippen LogP contribution in [0.5, 0.6) is 0 Å². The van der Waals surface area contributed by atoms with E-state index >= 15 is 0 Å². The molecule has 0 bridgehead atoms. The molecule has 0 aliphatic heterocycles. The van der Waals surface area contributed by atoms with Gasteiger partial charge in [-0.25, -0.2) is 4.98 Å². The lowest BCUT2D eigenvalue weighted by Crippen LogP contribution is -2.62. The highest BCUT2D eigenvalue weighted by Crippen LogP contribution is 2.13. The lowest BCUT2D eigenvalue weighted by Gasteiger charge is -2.31. The lowest BCUT2D eigenvalue weighted by molar-refractivity contribution is -0.134. The normalized spacial score (nSPS) is 15.2. The molecule has 0 aliphatic rings. The molecule has 0 aromatic carbocycles. The van der Waals surface area contributed by atoms with Gasteiger partial charge in [0.25, 0.3) is 0 Å². The van der Waals surface area contributed by atoms with Gasteiger partial charge in [0, 0.05) is 31.2 Å². The van der Waals surface area contributed by atoms with E-state index in [0.29, 0.717) is 25.0 Å². The molecule has 20 heteroatoms. The van der Waals surface area contributed by atoms with Crippen molar-refractivity contribution in [3.8, 4) is 0 Å². The largest absolute Gasteiger partial charge is 0.394 e. The van der Waals surface area contributed by atoms with Crippen LogP contribution in [0.15, 0.2) is 12.5 Å². The number of aliphatic hydroxyl groups is 4. The van der Waals surface area contributed by atoms with E-state index in [1.54, 1.807) is 0 Å². The van der Waals surface area contributed by atoms with Crippen LogP contribution < -0.4 is 43.0 Å². The highest BCUT2D eigenvalue weighted by molar-refractivity contribution is 5.91. The van der Waals surface area contributed by atoms with Gasteiger partial charge in [-0.05, 0) is 33.2 Å². The van der Waals surface area contributed by atoms with E-state index < -0.39 is 91.5 Å². The Morgan fingerprint density at radius 3 is 1.76 bits per heavy atom. The standard InChI is InChI=1S/C43H80N10O10/c1-5-7-9-10-11-12-13-14-15-16-17-18-19-21-36(57)47-26-37(58)53-38(29(3)55)43(63)50-32(22-23-35(44)56)40(60)51-33(24-30-25-46-28-48-30)41(61)52-34(27-54)42(62)49-31(20-8-6-2)39(59)45-4/h25,28-29,31-34,38-40,45,51,54-55,59-60H,5-24,26-27H2,1-4H3,(H2,44,56)(H,46,48)(H,47,57)(H,49,62)(H,50,63)(H,52,61)(H,53,58)/t29-,31-,32-,33?,34-,38-,39?,40?/m0/s1. The molecule has 0 radical (unpaired) electrons. The molecule has 1 aromatic rings. The first-order valence-corrected chi connectivity index (χ1v) is 23.0. The van der Waals surface area contributed by atoms with Crippen LogP contribution in [0.25, 0.3) is 0 Å². The van der Waals surface area contributed by atoms with Crippen LogP contribution in [0, 0.1) is 0 Å². The Balaban J connectivity index is 2.86. The Kier molecular flexibility index (Phi) is 30.9. The molecule has 20 nitrogen and oxygen atoms in total. The van der Waals surface area contributed by atoms with Crippen LogP contribution in [0.2, 0.25) is 0 Å². The maximum atomic E-state index is 13.7. The summed E-state index contributed by atoms with van der Waals surface area (Å²) in [4.78, 5) is 84.2. The number of aromatic nitrogens is 2. The number of nitrogens with two attached hydrogens (primary N) is 1. The zero-order valence-electron chi connectivity index (χ0n) is 38.1. The van der Waals surface area contributed by atoms with Gasteiger partial charge in [-0.1, -0.05) is 104 Å². The van der Waals surface area contributed by atoms with E-state index in [1.807, 2.05) is 6.92 Å². The minimum atomic E-state index is -1.76. The van der Waals surface area contributed by atoms with E-state index in [-0.39, 0.29) is 31.6 Å². The molecular formula is C43H80N10O10. The number of H-pyrrole nitrogens is 1. The minimum absolute atomic E-state index is 0.131. The number of rotatable bonds is 38. The second-order valence-electron chi connectivity index (χ2n) is 16.4. The Hall–Kier alpha value is -4.21. The van der Waals surface area contributed by atoms with E-state index in [4.69, 9.17) is 5.73 Å².